The highest BCUT2D eigenvalue weighted by Gasteiger charge is 2.61. The molecule has 1 saturated heterocycles. The molecule has 0 amide bonds. The Morgan fingerprint density at radius 3 is 2.49 bits per heavy atom. The van der Waals surface area contributed by atoms with Crippen molar-refractivity contribution >= 4 is 22.9 Å². The molecule has 194 valence electrons. The van der Waals surface area contributed by atoms with Gasteiger partial charge in [-0.3, -0.25) is 10.3 Å². The number of halogens is 6. The number of aryl methyl sites for hydroxylation is 1. The van der Waals surface area contributed by atoms with Gasteiger partial charge < -0.3 is 16.5 Å². The van der Waals surface area contributed by atoms with Gasteiger partial charge in [0.2, 0.25) is 0 Å². The molecule has 6 nitrogen and oxygen atoms in total. The Bertz CT molecular complexity index is 1000. The molecule has 6 N–H and O–H groups in total. The van der Waals surface area contributed by atoms with Crippen molar-refractivity contribution in [1.82, 2.24) is 21.5 Å². The molecule has 4 heterocycles. The number of hydrogen-bond acceptors (Lipinski definition) is 7. The van der Waals surface area contributed by atoms with Crippen LogP contribution in [0.5, 0.6) is 0 Å². The topological polar surface area (TPSA) is 86.5 Å². The minimum atomic E-state index is -4.63. The summed E-state index contributed by atoms with van der Waals surface area (Å²) in [5.41, 5.74) is 9.38. The van der Waals surface area contributed by atoms with Gasteiger partial charge in [-0.05, 0) is 42.0 Å². The summed E-state index contributed by atoms with van der Waals surface area (Å²) in [6.07, 6.45) is -1.72. The SMILES string of the molecule is CCCCCCc1ccsc1C1=CC(C2C[C@](N)(C(F)(F)F)N2)N=C(C2=CC(C(F)(F)F)NN2)N1. The van der Waals surface area contributed by atoms with Crippen molar-refractivity contribution in [2.75, 3.05) is 0 Å². The second kappa shape index (κ2) is 9.75. The van der Waals surface area contributed by atoms with Gasteiger partial charge in [0, 0.05) is 12.5 Å². The van der Waals surface area contributed by atoms with Crippen LogP contribution in [-0.2, 0) is 6.42 Å². The third-order valence-corrected chi connectivity index (χ3v) is 7.36. The Kier molecular flexibility index (Phi) is 7.24. The third-order valence-electron chi connectivity index (χ3n) is 6.37. The summed E-state index contributed by atoms with van der Waals surface area (Å²) in [6.45, 7) is 2.13. The summed E-state index contributed by atoms with van der Waals surface area (Å²) < 4.78 is 79.2. The number of amidine groups is 1. The molecule has 0 radical (unpaired) electrons. The summed E-state index contributed by atoms with van der Waals surface area (Å²) in [6, 6.07) is -1.37. The molecule has 3 aliphatic heterocycles. The first kappa shape index (κ1) is 26.0. The van der Waals surface area contributed by atoms with E-state index in [9.17, 15) is 26.3 Å². The van der Waals surface area contributed by atoms with Crippen LogP contribution in [0, 0.1) is 0 Å². The molecule has 3 aliphatic rings. The van der Waals surface area contributed by atoms with E-state index in [0.29, 0.717) is 5.70 Å². The van der Waals surface area contributed by atoms with Gasteiger partial charge in [-0.25, -0.2) is 5.43 Å². The van der Waals surface area contributed by atoms with Crippen LogP contribution in [0.3, 0.4) is 0 Å². The Morgan fingerprint density at radius 2 is 1.86 bits per heavy atom. The zero-order valence-electron chi connectivity index (χ0n) is 19.0. The fraction of sp³-hybridized carbons (Fsp3) is 0.591. The molecule has 0 aliphatic carbocycles. The van der Waals surface area contributed by atoms with Gasteiger partial charge in [0.1, 0.15) is 6.04 Å². The van der Waals surface area contributed by atoms with Gasteiger partial charge in [0.05, 0.1) is 22.3 Å². The van der Waals surface area contributed by atoms with Gasteiger partial charge in [-0.15, -0.1) is 11.3 Å². The number of hydrazine groups is 1. The molecule has 0 bridgehead atoms. The minimum Gasteiger partial charge on any atom is -0.338 e. The Hall–Kier alpha value is -2.09. The summed E-state index contributed by atoms with van der Waals surface area (Å²) in [4.78, 5) is 5.33. The van der Waals surface area contributed by atoms with Gasteiger partial charge in [-0.2, -0.15) is 26.3 Å². The average molecular weight is 523 g/mol. The fourth-order valence-electron chi connectivity index (χ4n) is 4.33. The lowest BCUT2D eigenvalue weighted by Gasteiger charge is -2.49. The molecule has 35 heavy (non-hydrogen) atoms. The molecule has 4 rings (SSSR count). The van der Waals surface area contributed by atoms with E-state index in [-0.39, 0.29) is 11.5 Å². The fourth-order valence-corrected chi connectivity index (χ4v) is 5.26. The largest absolute Gasteiger partial charge is 0.419 e. The maximum atomic E-state index is 13.2. The molecule has 0 aromatic carbocycles. The maximum Gasteiger partial charge on any atom is 0.419 e. The van der Waals surface area contributed by atoms with Gasteiger partial charge in [0.15, 0.2) is 11.5 Å². The normalized spacial score (nSPS) is 29.0. The van der Waals surface area contributed by atoms with Gasteiger partial charge in [0.25, 0.3) is 0 Å². The first-order valence-electron chi connectivity index (χ1n) is 11.5. The van der Waals surface area contributed by atoms with Crippen molar-refractivity contribution in [3.63, 3.8) is 0 Å². The van der Waals surface area contributed by atoms with E-state index in [4.69, 9.17) is 5.73 Å². The number of thiophene rings is 1. The van der Waals surface area contributed by atoms with Crippen molar-refractivity contribution < 1.29 is 26.3 Å². The number of rotatable bonds is 8. The van der Waals surface area contributed by atoms with Gasteiger partial charge >= 0.3 is 12.4 Å². The summed E-state index contributed by atoms with van der Waals surface area (Å²) in [7, 11) is 0. The van der Waals surface area contributed by atoms with Crippen LogP contribution in [0.15, 0.2) is 34.3 Å². The van der Waals surface area contributed by atoms with Crippen LogP contribution >= 0.6 is 11.3 Å². The monoisotopic (exact) mass is 522 g/mol. The molecule has 3 unspecified atom stereocenters. The van der Waals surface area contributed by atoms with Crippen LogP contribution < -0.4 is 27.2 Å². The smallest absolute Gasteiger partial charge is 0.338 e. The Labute approximate surface area is 203 Å². The van der Waals surface area contributed by atoms with E-state index < -0.39 is 42.6 Å². The first-order valence-corrected chi connectivity index (χ1v) is 12.4. The zero-order chi connectivity index (χ0) is 25.4. The molecule has 13 heteroatoms. The van der Waals surface area contributed by atoms with E-state index in [1.807, 2.05) is 11.4 Å². The molecule has 0 spiro atoms. The zero-order valence-corrected chi connectivity index (χ0v) is 19.8. The van der Waals surface area contributed by atoms with Crippen molar-refractivity contribution in [3.05, 3.63) is 39.7 Å². The molecule has 1 aromatic rings. The predicted molar refractivity (Wildman–Crippen MR) is 123 cm³/mol. The van der Waals surface area contributed by atoms with Crippen LogP contribution in [0.25, 0.3) is 5.70 Å². The van der Waals surface area contributed by atoms with Crippen LogP contribution in [0.1, 0.15) is 49.5 Å². The number of unbranched alkanes of at least 4 members (excludes halogenated alkanes) is 3. The minimum absolute atomic E-state index is 0.0816. The highest BCUT2D eigenvalue weighted by atomic mass is 32.1. The van der Waals surface area contributed by atoms with E-state index >= 15 is 0 Å². The number of nitrogens with two attached hydrogens (primary N) is 1. The van der Waals surface area contributed by atoms with E-state index in [1.54, 1.807) is 6.08 Å². The first-order chi connectivity index (χ1) is 16.4. The van der Waals surface area contributed by atoms with Crippen molar-refractivity contribution in [3.8, 4) is 0 Å². The molecule has 0 saturated carbocycles. The predicted octanol–water partition coefficient (Wildman–Crippen LogP) is 4.08. The molecule has 1 fully saturated rings. The molecule has 1 aromatic heterocycles. The van der Waals surface area contributed by atoms with E-state index in [2.05, 4.69) is 33.4 Å². The Balaban J connectivity index is 1.59. The molecular weight excluding hydrogens is 494 g/mol. The number of nitrogens with zero attached hydrogens (tertiary/aromatic N) is 1. The second-order valence-corrected chi connectivity index (χ2v) is 9.97. The lowest BCUT2D eigenvalue weighted by atomic mass is 9.84. The van der Waals surface area contributed by atoms with Crippen molar-refractivity contribution in [1.29, 1.82) is 0 Å². The highest BCUT2D eigenvalue weighted by Crippen LogP contribution is 2.39. The van der Waals surface area contributed by atoms with Crippen LogP contribution in [0.4, 0.5) is 26.3 Å². The van der Waals surface area contributed by atoms with Crippen LogP contribution in [-0.4, -0.2) is 42.0 Å². The highest BCUT2D eigenvalue weighted by molar-refractivity contribution is 7.11. The van der Waals surface area contributed by atoms with Crippen molar-refractivity contribution in [2.45, 2.75) is 81.6 Å². The van der Waals surface area contributed by atoms with E-state index in [1.165, 1.54) is 11.3 Å². The maximum absolute atomic E-state index is 13.2. The van der Waals surface area contributed by atoms with E-state index in [0.717, 1.165) is 48.6 Å². The standard InChI is InChI=1S/C22H28F6N6S/c1-2-3-4-5-6-12-7-8-35-18(12)14-9-13(16-11-20(29,32-16)22(26,27)28)30-19(31-14)15-10-17(34-33-15)21(23,24)25/h7-10,13,16-17,32-34H,2-6,11,29H2,1H3,(H,30,31)/t13?,16?,17?,20-/m1/s1. The Morgan fingerprint density at radius 1 is 1.11 bits per heavy atom. The number of alkyl halides is 6. The quantitative estimate of drug-likeness (QED) is 0.262. The third kappa shape index (κ3) is 5.52. The second-order valence-electron chi connectivity index (χ2n) is 9.05. The lowest BCUT2D eigenvalue weighted by molar-refractivity contribution is -0.224. The number of aliphatic imine (C=N–C) groups is 1. The molecular formula is C22H28F6N6S. The number of nitrogens with one attached hydrogen (secondary N) is 4. The summed E-state index contributed by atoms with van der Waals surface area (Å²) in [5.74, 6) is 0.125. The van der Waals surface area contributed by atoms with Crippen LogP contribution in [0.2, 0.25) is 0 Å². The molecule has 4 atom stereocenters. The lowest BCUT2D eigenvalue weighted by Crippen LogP contribution is -2.78. The van der Waals surface area contributed by atoms with Gasteiger partial charge in [-0.1, -0.05) is 26.2 Å². The summed E-state index contributed by atoms with van der Waals surface area (Å²) in [5, 5.41) is 7.41. The van der Waals surface area contributed by atoms with Crippen molar-refractivity contribution in [2.24, 2.45) is 10.7 Å². The summed E-state index contributed by atoms with van der Waals surface area (Å²) >= 11 is 1.47. The number of hydrogen-bond donors (Lipinski definition) is 5. The average Bonchev–Trinajstić information content (AvgIpc) is 3.43.